The van der Waals surface area contributed by atoms with E-state index in [9.17, 15) is 0 Å². The Balaban J connectivity index is 3.87. The molecule has 0 aliphatic rings. The largest absolute Gasteiger partial charge is 0.381 e. The quantitative estimate of drug-likeness (QED) is 0.510. The van der Waals surface area contributed by atoms with Gasteiger partial charge in [-0.2, -0.15) is 0 Å². The van der Waals surface area contributed by atoms with Crippen LogP contribution in [0.4, 0.5) is 0 Å². The Morgan fingerprint density at radius 3 is 2.82 bits per heavy atom. The second-order valence-electron chi connectivity index (χ2n) is 2.14. The molecule has 1 atom stereocenters. The van der Waals surface area contributed by atoms with Crippen LogP contribution in [0.3, 0.4) is 0 Å². The van der Waals surface area contributed by atoms with Crippen molar-refractivity contribution in [3.05, 3.63) is 11.6 Å². The molecule has 0 saturated carbocycles. The summed E-state index contributed by atoms with van der Waals surface area (Å²) >= 11 is 0. The fourth-order valence-corrected chi connectivity index (χ4v) is 1.31. The Kier molecular flexibility index (Phi) is 6.16. The van der Waals surface area contributed by atoms with Crippen LogP contribution >= 0.6 is 8.15 Å². The molecule has 0 amide bonds. The Morgan fingerprint density at radius 1 is 1.82 bits per heavy atom. The third-order valence-electron chi connectivity index (χ3n) is 1.08. The van der Waals surface area contributed by atoms with E-state index >= 15 is 0 Å². The highest BCUT2D eigenvalue weighted by Gasteiger charge is 1.98. The number of methoxy groups -OCH3 is 1. The highest BCUT2D eigenvalue weighted by molar-refractivity contribution is 7.50. The number of hydrogen-bond donors (Lipinski definition) is 1. The molecular formula is C8H13O2P. The standard InChI is InChI=1S/C8H13O2P/c1-4-8(5-6-10-2)7-11(3)9/h1,5,9H,6-7H2,2-3H3/b8-5-. The number of hydrogen-bond acceptors (Lipinski definition) is 2. The summed E-state index contributed by atoms with van der Waals surface area (Å²) in [5.74, 6) is 2.51. The number of ether oxygens (including phenoxy) is 1. The van der Waals surface area contributed by atoms with Crippen molar-refractivity contribution in [2.75, 3.05) is 26.5 Å². The van der Waals surface area contributed by atoms with Crippen molar-refractivity contribution in [3.8, 4) is 12.3 Å². The van der Waals surface area contributed by atoms with Crippen LogP contribution in [0.1, 0.15) is 0 Å². The normalized spacial score (nSPS) is 14.2. The summed E-state index contributed by atoms with van der Waals surface area (Å²) in [7, 11) is 0.681. The van der Waals surface area contributed by atoms with E-state index in [0.717, 1.165) is 5.57 Å². The van der Waals surface area contributed by atoms with Gasteiger partial charge in [0.15, 0.2) is 0 Å². The predicted molar refractivity (Wildman–Crippen MR) is 48.7 cm³/mol. The lowest BCUT2D eigenvalue weighted by molar-refractivity contribution is 0.233. The van der Waals surface area contributed by atoms with Gasteiger partial charge >= 0.3 is 0 Å². The minimum Gasteiger partial charge on any atom is -0.381 e. The maximum Gasteiger partial charge on any atom is 0.0655 e. The molecule has 0 aromatic heterocycles. The lowest BCUT2D eigenvalue weighted by Gasteiger charge is -2.02. The van der Waals surface area contributed by atoms with Gasteiger partial charge in [0.1, 0.15) is 0 Å². The molecule has 0 spiro atoms. The molecule has 1 N–H and O–H groups in total. The molecular weight excluding hydrogens is 159 g/mol. The Hall–Kier alpha value is -0.350. The van der Waals surface area contributed by atoms with Crippen molar-refractivity contribution in [2.24, 2.45) is 0 Å². The summed E-state index contributed by atoms with van der Waals surface area (Å²) in [6, 6.07) is 0. The molecule has 0 fully saturated rings. The van der Waals surface area contributed by atoms with Crippen LogP contribution in [0, 0.1) is 12.3 Å². The van der Waals surface area contributed by atoms with Gasteiger partial charge in [0.25, 0.3) is 0 Å². The van der Waals surface area contributed by atoms with Crippen LogP contribution in [-0.2, 0) is 4.74 Å². The van der Waals surface area contributed by atoms with Crippen molar-refractivity contribution in [1.29, 1.82) is 0 Å². The van der Waals surface area contributed by atoms with Crippen molar-refractivity contribution >= 4 is 8.15 Å². The maximum absolute atomic E-state index is 9.04. The Labute approximate surface area is 69.1 Å². The van der Waals surface area contributed by atoms with Crippen molar-refractivity contribution in [2.45, 2.75) is 0 Å². The van der Waals surface area contributed by atoms with Gasteiger partial charge < -0.3 is 9.63 Å². The van der Waals surface area contributed by atoms with Crippen molar-refractivity contribution in [3.63, 3.8) is 0 Å². The third-order valence-corrected chi connectivity index (χ3v) is 1.88. The summed E-state index contributed by atoms with van der Waals surface area (Å²) in [6.07, 6.45) is 7.59. The number of terminal acetylenes is 1. The number of rotatable bonds is 4. The molecule has 2 nitrogen and oxygen atoms in total. The lowest BCUT2D eigenvalue weighted by Crippen LogP contribution is -1.90. The van der Waals surface area contributed by atoms with Crippen LogP contribution in [0.25, 0.3) is 0 Å². The van der Waals surface area contributed by atoms with Crippen molar-refractivity contribution < 1.29 is 9.63 Å². The molecule has 0 rings (SSSR count). The summed E-state index contributed by atoms with van der Waals surface area (Å²) in [5, 5.41) is 0. The zero-order valence-corrected chi connectivity index (χ0v) is 7.77. The zero-order chi connectivity index (χ0) is 8.69. The Bertz CT molecular complexity index is 167. The van der Waals surface area contributed by atoms with Gasteiger partial charge in [-0.05, 0) is 12.7 Å². The topological polar surface area (TPSA) is 29.5 Å². The Morgan fingerprint density at radius 2 is 2.45 bits per heavy atom. The predicted octanol–water partition coefficient (Wildman–Crippen LogP) is 1.21. The molecule has 0 aromatic rings. The molecule has 11 heavy (non-hydrogen) atoms. The first-order chi connectivity index (χ1) is 5.20. The molecule has 0 aliphatic carbocycles. The highest BCUT2D eigenvalue weighted by Crippen LogP contribution is 2.26. The van der Waals surface area contributed by atoms with Gasteiger partial charge in [0, 0.05) is 27.0 Å². The van der Waals surface area contributed by atoms with E-state index in [1.807, 2.05) is 6.08 Å². The van der Waals surface area contributed by atoms with Crippen LogP contribution in [0.5, 0.6) is 0 Å². The van der Waals surface area contributed by atoms with E-state index in [1.54, 1.807) is 13.8 Å². The first-order valence-electron chi connectivity index (χ1n) is 3.25. The van der Waals surface area contributed by atoms with Gasteiger partial charge in [0.05, 0.1) is 6.61 Å². The minimum absolute atomic E-state index is 0.517. The minimum atomic E-state index is -0.929. The average Bonchev–Trinajstić information content (AvgIpc) is 1.97. The first-order valence-corrected chi connectivity index (χ1v) is 5.18. The van der Waals surface area contributed by atoms with E-state index in [2.05, 4.69) is 5.92 Å². The molecule has 0 aromatic carbocycles. The average molecular weight is 172 g/mol. The lowest BCUT2D eigenvalue weighted by atomic mass is 10.3. The van der Waals surface area contributed by atoms with Gasteiger partial charge in [-0.25, -0.2) is 0 Å². The SMILES string of the molecule is C#C/C(=C/COC)CP(C)O. The molecule has 62 valence electrons. The summed E-state index contributed by atoms with van der Waals surface area (Å²) in [5.41, 5.74) is 0.822. The highest BCUT2D eigenvalue weighted by atomic mass is 31.1. The summed E-state index contributed by atoms with van der Waals surface area (Å²) in [6.45, 7) is 2.29. The van der Waals surface area contributed by atoms with Gasteiger partial charge in [-0.1, -0.05) is 5.92 Å². The van der Waals surface area contributed by atoms with E-state index in [4.69, 9.17) is 16.1 Å². The van der Waals surface area contributed by atoms with Crippen LogP contribution in [0.15, 0.2) is 11.6 Å². The van der Waals surface area contributed by atoms with Gasteiger partial charge in [-0.3, -0.25) is 0 Å². The van der Waals surface area contributed by atoms with Gasteiger partial charge in [0.2, 0.25) is 0 Å². The first kappa shape index (κ1) is 10.7. The molecule has 3 heteroatoms. The van der Waals surface area contributed by atoms with Gasteiger partial charge in [-0.15, -0.1) is 6.42 Å². The van der Waals surface area contributed by atoms with E-state index in [0.29, 0.717) is 12.8 Å². The second kappa shape index (κ2) is 6.37. The monoisotopic (exact) mass is 172 g/mol. The third kappa shape index (κ3) is 6.06. The fraction of sp³-hybridized carbons (Fsp3) is 0.500. The zero-order valence-electron chi connectivity index (χ0n) is 6.87. The molecule has 1 unspecified atom stereocenters. The molecule has 0 bridgehead atoms. The maximum atomic E-state index is 9.04. The van der Waals surface area contributed by atoms with E-state index in [-0.39, 0.29) is 0 Å². The smallest absolute Gasteiger partial charge is 0.0655 e. The second-order valence-corrected chi connectivity index (χ2v) is 3.78. The van der Waals surface area contributed by atoms with Crippen LogP contribution in [-0.4, -0.2) is 31.4 Å². The molecule has 0 aliphatic heterocycles. The molecule has 0 radical (unpaired) electrons. The fourth-order valence-electron chi connectivity index (χ4n) is 0.600. The summed E-state index contributed by atoms with van der Waals surface area (Å²) in [4.78, 5) is 9.04. The van der Waals surface area contributed by atoms with Crippen molar-refractivity contribution in [1.82, 2.24) is 0 Å². The van der Waals surface area contributed by atoms with E-state index in [1.165, 1.54) is 0 Å². The summed E-state index contributed by atoms with van der Waals surface area (Å²) < 4.78 is 4.81. The molecule has 0 saturated heterocycles. The van der Waals surface area contributed by atoms with E-state index < -0.39 is 8.15 Å². The van der Waals surface area contributed by atoms with Crippen LogP contribution < -0.4 is 0 Å². The molecule has 0 heterocycles. The van der Waals surface area contributed by atoms with Crippen LogP contribution in [0.2, 0.25) is 0 Å². The number of allylic oxidation sites excluding steroid dienone is 1.